The number of halogens is 3. The minimum atomic E-state index is -3.58. The number of nitrogens with one attached hydrogen (secondary N) is 2. The van der Waals surface area contributed by atoms with Crippen molar-refractivity contribution in [3.8, 4) is 11.4 Å². The van der Waals surface area contributed by atoms with Crippen molar-refractivity contribution in [2.75, 3.05) is 22.0 Å². The van der Waals surface area contributed by atoms with Crippen molar-refractivity contribution in [1.29, 1.82) is 0 Å². The predicted octanol–water partition coefficient (Wildman–Crippen LogP) is 6.68. The molecule has 0 atom stereocenters. The molecule has 17 heteroatoms. The number of benzene rings is 3. The van der Waals surface area contributed by atoms with Crippen molar-refractivity contribution in [2.24, 2.45) is 0 Å². The maximum atomic E-state index is 14.0. The van der Waals surface area contributed by atoms with E-state index in [0.29, 0.717) is 67.3 Å². The first-order valence-electron chi connectivity index (χ1n) is 15.2. The first-order chi connectivity index (χ1) is 23.5. The standard InChI is InChI=1S/C18H14ClFN4O2S.C15H17FN4O2S/c1-10-16-17(23-27(2,25)26)22-14-8-7-11(20)9-15(14)24(16)18(21-10)12-5-3-4-6-13(12)19;1-4-5-13-17-9(2)14-15(19-23(3,21)22)18-11-7-6-10(16)8-12(11)20(13)14/h3-9H,1-2H3,(H,22,23);6-8H,4-5H2,1-3H3,(H,18,19). The molecule has 50 heavy (non-hydrogen) atoms. The highest BCUT2D eigenvalue weighted by molar-refractivity contribution is 7.92. The molecule has 4 aromatic heterocycles. The molecule has 0 bridgehead atoms. The molecule has 0 spiro atoms. The third-order valence-corrected chi connectivity index (χ3v) is 9.05. The molecule has 0 radical (unpaired) electrons. The summed E-state index contributed by atoms with van der Waals surface area (Å²) in [7, 11) is -7.07. The number of rotatable bonds is 7. The van der Waals surface area contributed by atoms with Gasteiger partial charge in [0.15, 0.2) is 11.6 Å². The van der Waals surface area contributed by atoms with Crippen molar-refractivity contribution in [2.45, 2.75) is 33.6 Å². The molecule has 0 saturated heterocycles. The first-order valence-corrected chi connectivity index (χ1v) is 19.4. The van der Waals surface area contributed by atoms with Crippen molar-refractivity contribution >= 4 is 76.4 Å². The molecule has 4 heterocycles. The number of anilines is 2. The van der Waals surface area contributed by atoms with E-state index in [2.05, 4.69) is 29.4 Å². The molecule has 0 unspecified atom stereocenters. The maximum Gasteiger partial charge on any atom is 0.231 e. The number of hydrogen-bond donors (Lipinski definition) is 2. The molecule has 0 amide bonds. The van der Waals surface area contributed by atoms with E-state index >= 15 is 0 Å². The number of hydrogen-bond acceptors (Lipinski definition) is 8. The number of imidazole rings is 2. The van der Waals surface area contributed by atoms with Gasteiger partial charge in [-0.05, 0) is 56.7 Å². The predicted molar refractivity (Wildman–Crippen MR) is 192 cm³/mol. The van der Waals surface area contributed by atoms with Crippen LogP contribution in [0.2, 0.25) is 5.02 Å². The summed E-state index contributed by atoms with van der Waals surface area (Å²) < 4.78 is 82.9. The van der Waals surface area contributed by atoms with Gasteiger partial charge in [0.25, 0.3) is 0 Å². The fourth-order valence-corrected chi connectivity index (χ4v) is 6.97. The van der Waals surface area contributed by atoms with Gasteiger partial charge < -0.3 is 0 Å². The molecule has 0 aliphatic heterocycles. The Kier molecular flexibility index (Phi) is 9.13. The maximum absolute atomic E-state index is 14.0. The van der Waals surface area contributed by atoms with Crippen LogP contribution in [0.15, 0.2) is 60.7 Å². The Morgan fingerprint density at radius 2 is 1.22 bits per heavy atom. The van der Waals surface area contributed by atoms with E-state index in [-0.39, 0.29) is 17.5 Å². The molecular formula is C33H31ClF2N8O4S2. The summed E-state index contributed by atoms with van der Waals surface area (Å²) >= 11 is 6.34. The van der Waals surface area contributed by atoms with Crippen LogP contribution >= 0.6 is 11.6 Å². The molecule has 12 nitrogen and oxygen atoms in total. The van der Waals surface area contributed by atoms with Crippen molar-refractivity contribution in [3.63, 3.8) is 0 Å². The summed E-state index contributed by atoms with van der Waals surface area (Å²) in [5, 5.41) is 0.475. The highest BCUT2D eigenvalue weighted by Gasteiger charge is 2.22. The van der Waals surface area contributed by atoms with Gasteiger partial charge in [-0.3, -0.25) is 18.2 Å². The number of aryl methyl sites for hydroxylation is 3. The second-order valence-corrected chi connectivity index (χ2v) is 15.6. The Bertz CT molecular complexity index is 2700. The van der Waals surface area contributed by atoms with Crippen LogP contribution in [0.3, 0.4) is 0 Å². The molecule has 0 fully saturated rings. The SMILES string of the molecule is CCCc1nc(C)c2c(NS(C)(=O)=O)nc3ccc(F)cc3n12.Cc1nc(-c2ccccc2Cl)n2c1c(NS(C)(=O)=O)nc1ccc(F)cc12. The molecule has 0 aliphatic rings. The van der Waals surface area contributed by atoms with Crippen LogP contribution in [0.4, 0.5) is 20.4 Å². The van der Waals surface area contributed by atoms with E-state index in [9.17, 15) is 25.6 Å². The highest BCUT2D eigenvalue weighted by atomic mass is 35.5. The molecule has 7 aromatic rings. The fourth-order valence-electron chi connectivity index (χ4n) is 5.76. The Morgan fingerprint density at radius 1 is 0.720 bits per heavy atom. The largest absolute Gasteiger partial charge is 0.291 e. The molecule has 7 rings (SSSR count). The van der Waals surface area contributed by atoms with E-state index in [1.807, 2.05) is 13.0 Å². The quantitative estimate of drug-likeness (QED) is 0.184. The molecule has 3 aromatic carbocycles. The zero-order chi connectivity index (χ0) is 36.1. The summed E-state index contributed by atoms with van der Waals surface area (Å²) in [5.74, 6) is 0.750. The van der Waals surface area contributed by atoms with Gasteiger partial charge in [0.2, 0.25) is 20.0 Å². The van der Waals surface area contributed by atoms with Crippen LogP contribution in [0, 0.1) is 25.5 Å². The number of sulfonamides is 2. The summed E-state index contributed by atoms with van der Waals surface area (Å²) in [6.07, 6.45) is 3.68. The van der Waals surface area contributed by atoms with Crippen LogP contribution in [-0.4, -0.2) is 58.1 Å². The third kappa shape index (κ3) is 6.90. The topological polar surface area (TPSA) is 153 Å². The molecule has 0 saturated carbocycles. The van der Waals surface area contributed by atoms with Gasteiger partial charge in [-0.1, -0.05) is 30.7 Å². The lowest BCUT2D eigenvalue weighted by molar-refractivity contribution is 0.605. The lowest BCUT2D eigenvalue weighted by Crippen LogP contribution is -2.13. The number of nitrogens with zero attached hydrogens (tertiary/aromatic N) is 6. The van der Waals surface area contributed by atoms with Crippen LogP contribution in [0.5, 0.6) is 0 Å². The van der Waals surface area contributed by atoms with Gasteiger partial charge in [0.1, 0.15) is 34.3 Å². The minimum Gasteiger partial charge on any atom is -0.291 e. The lowest BCUT2D eigenvalue weighted by Gasteiger charge is -2.11. The summed E-state index contributed by atoms with van der Waals surface area (Å²) in [6.45, 7) is 5.54. The monoisotopic (exact) mass is 740 g/mol. The van der Waals surface area contributed by atoms with Gasteiger partial charge in [0.05, 0.1) is 51.0 Å². The molecule has 0 aliphatic carbocycles. The Hall–Kier alpha value is -4.93. The smallest absolute Gasteiger partial charge is 0.231 e. The number of aromatic nitrogens is 6. The fraction of sp³-hybridized carbons (Fsp3) is 0.212. The van der Waals surface area contributed by atoms with Gasteiger partial charge in [-0.25, -0.2) is 45.6 Å². The van der Waals surface area contributed by atoms with Gasteiger partial charge in [0, 0.05) is 24.1 Å². The van der Waals surface area contributed by atoms with E-state index in [0.717, 1.165) is 24.8 Å². The lowest BCUT2D eigenvalue weighted by atomic mass is 10.2. The van der Waals surface area contributed by atoms with Crippen LogP contribution in [0.25, 0.3) is 44.5 Å². The summed E-state index contributed by atoms with van der Waals surface area (Å²) in [5.41, 5.74) is 4.77. The van der Waals surface area contributed by atoms with E-state index < -0.39 is 25.9 Å². The molecule has 2 N–H and O–H groups in total. The van der Waals surface area contributed by atoms with Crippen LogP contribution < -0.4 is 9.44 Å². The Balaban J connectivity index is 0.000000175. The van der Waals surface area contributed by atoms with Gasteiger partial charge in [-0.15, -0.1) is 0 Å². The zero-order valence-corrected chi connectivity index (χ0v) is 29.8. The Labute approximate surface area is 291 Å². The third-order valence-electron chi connectivity index (χ3n) is 7.60. The average molecular weight is 741 g/mol. The molecular weight excluding hydrogens is 710 g/mol. The highest BCUT2D eigenvalue weighted by Crippen LogP contribution is 2.34. The average Bonchev–Trinajstić information content (AvgIpc) is 3.54. The Morgan fingerprint density at radius 3 is 1.74 bits per heavy atom. The summed E-state index contributed by atoms with van der Waals surface area (Å²) in [4.78, 5) is 17.8. The van der Waals surface area contributed by atoms with E-state index in [4.69, 9.17) is 11.6 Å². The minimum absolute atomic E-state index is 0.125. The van der Waals surface area contributed by atoms with E-state index in [1.54, 1.807) is 40.8 Å². The van der Waals surface area contributed by atoms with Crippen molar-refractivity contribution in [3.05, 3.63) is 94.5 Å². The number of fused-ring (bicyclic) bond motifs is 6. The van der Waals surface area contributed by atoms with E-state index in [1.165, 1.54) is 36.4 Å². The zero-order valence-electron chi connectivity index (χ0n) is 27.5. The molecule has 260 valence electrons. The summed E-state index contributed by atoms with van der Waals surface area (Å²) in [6, 6.07) is 15.5. The van der Waals surface area contributed by atoms with Crippen molar-refractivity contribution < 1.29 is 25.6 Å². The normalized spacial score (nSPS) is 12.1. The first kappa shape index (κ1) is 34.9. The second kappa shape index (κ2) is 13.1. The van der Waals surface area contributed by atoms with Crippen molar-refractivity contribution in [1.82, 2.24) is 28.7 Å². The van der Waals surface area contributed by atoms with Gasteiger partial charge >= 0.3 is 0 Å². The van der Waals surface area contributed by atoms with Gasteiger partial charge in [-0.2, -0.15) is 0 Å². The second-order valence-electron chi connectivity index (χ2n) is 11.7. The van der Waals surface area contributed by atoms with Crippen LogP contribution in [0.1, 0.15) is 30.6 Å². The van der Waals surface area contributed by atoms with Crippen LogP contribution in [-0.2, 0) is 26.5 Å².